The summed E-state index contributed by atoms with van der Waals surface area (Å²) >= 11 is 1.56. The van der Waals surface area contributed by atoms with Gasteiger partial charge in [0, 0.05) is 10.9 Å². The predicted octanol–water partition coefficient (Wildman–Crippen LogP) is 1.57. The van der Waals surface area contributed by atoms with Gasteiger partial charge in [0.05, 0.1) is 22.6 Å². The fraction of sp³-hybridized carbons (Fsp3) is 0.500. The molecule has 1 aliphatic heterocycles. The van der Waals surface area contributed by atoms with Gasteiger partial charge in [-0.2, -0.15) is 5.10 Å². The van der Waals surface area contributed by atoms with Gasteiger partial charge in [-0.3, -0.25) is 0 Å². The quantitative estimate of drug-likeness (QED) is 0.909. The van der Waals surface area contributed by atoms with Crippen molar-refractivity contribution in [1.29, 1.82) is 0 Å². The number of rotatable bonds is 2. The van der Waals surface area contributed by atoms with Crippen LogP contribution in [0.1, 0.15) is 23.0 Å². The molecule has 0 saturated carbocycles. The lowest BCUT2D eigenvalue weighted by Gasteiger charge is -2.10. The van der Waals surface area contributed by atoms with Gasteiger partial charge >= 0.3 is 0 Å². The summed E-state index contributed by atoms with van der Waals surface area (Å²) in [5.74, 6) is 0.863. The molecular weight excluding hydrogens is 296 g/mol. The molecule has 0 aromatic carbocycles. The van der Waals surface area contributed by atoms with E-state index in [-0.39, 0.29) is 17.5 Å². The molecule has 2 aromatic rings. The Labute approximate surface area is 121 Å². The largest absolute Gasteiger partial charge is 0.384 e. The molecule has 0 radical (unpaired) electrons. The van der Waals surface area contributed by atoms with E-state index in [2.05, 4.69) is 10.1 Å². The molecule has 0 aliphatic carbocycles. The van der Waals surface area contributed by atoms with Crippen LogP contribution in [0.3, 0.4) is 0 Å². The Morgan fingerprint density at radius 2 is 2.20 bits per heavy atom. The van der Waals surface area contributed by atoms with Crippen molar-refractivity contribution in [3.63, 3.8) is 0 Å². The lowest BCUT2D eigenvalue weighted by Crippen LogP contribution is -2.14. The topological polar surface area (TPSA) is 90.9 Å². The maximum atomic E-state index is 11.6. The van der Waals surface area contributed by atoms with Gasteiger partial charge in [-0.15, -0.1) is 11.3 Å². The van der Waals surface area contributed by atoms with E-state index in [9.17, 15) is 8.42 Å². The molecule has 3 heterocycles. The van der Waals surface area contributed by atoms with E-state index < -0.39 is 9.84 Å². The minimum atomic E-state index is -2.95. The average Bonchev–Trinajstić information content (AvgIpc) is 3.01. The third kappa shape index (κ3) is 2.22. The fourth-order valence-corrected chi connectivity index (χ4v) is 4.78. The Morgan fingerprint density at radius 1 is 1.45 bits per heavy atom. The summed E-state index contributed by atoms with van der Waals surface area (Å²) in [6.07, 6.45) is 0.573. The third-order valence-electron chi connectivity index (χ3n) is 3.61. The van der Waals surface area contributed by atoms with Gasteiger partial charge in [0.25, 0.3) is 0 Å². The first-order chi connectivity index (χ1) is 9.37. The molecule has 3 rings (SSSR count). The summed E-state index contributed by atoms with van der Waals surface area (Å²) in [7, 11) is -2.95. The van der Waals surface area contributed by atoms with Gasteiger partial charge in [-0.1, -0.05) is 0 Å². The number of nitrogens with two attached hydrogens (primary N) is 1. The molecule has 1 unspecified atom stereocenters. The maximum Gasteiger partial charge on any atom is 0.152 e. The molecule has 1 saturated heterocycles. The van der Waals surface area contributed by atoms with Crippen LogP contribution >= 0.6 is 11.3 Å². The molecule has 6 nitrogen and oxygen atoms in total. The summed E-state index contributed by atoms with van der Waals surface area (Å²) in [5.41, 5.74) is 8.51. The number of nitrogens with zero attached hydrogens (tertiary/aromatic N) is 3. The van der Waals surface area contributed by atoms with Gasteiger partial charge in [0.15, 0.2) is 9.84 Å². The van der Waals surface area contributed by atoms with E-state index in [4.69, 9.17) is 5.73 Å². The molecule has 0 amide bonds. The minimum Gasteiger partial charge on any atom is -0.384 e. The Bertz CT molecular complexity index is 761. The molecule has 1 aliphatic rings. The second-order valence-corrected chi connectivity index (χ2v) is 8.40. The second kappa shape index (κ2) is 4.56. The molecule has 1 atom stereocenters. The van der Waals surface area contributed by atoms with Gasteiger partial charge in [-0.05, 0) is 20.3 Å². The van der Waals surface area contributed by atoms with Crippen LogP contribution in [0.25, 0.3) is 11.4 Å². The first kappa shape index (κ1) is 13.6. The highest BCUT2D eigenvalue weighted by molar-refractivity contribution is 7.91. The zero-order valence-electron chi connectivity index (χ0n) is 11.3. The third-order valence-corrected chi connectivity index (χ3v) is 6.13. The van der Waals surface area contributed by atoms with Crippen molar-refractivity contribution < 1.29 is 8.42 Å². The van der Waals surface area contributed by atoms with Crippen LogP contribution in [-0.2, 0) is 9.84 Å². The predicted molar refractivity (Wildman–Crippen MR) is 79.5 cm³/mol. The standard InChI is InChI=1S/C12H16N4O2S2/c1-7-11(10-5-19-8(2)14-10)15-16(12(7)13)9-3-4-20(17,18)6-9/h5,9H,3-4,6,13H2,1-2H3. The van der Waals surface area contributed by atoms with Crippen molar-refractivity contribution in [2.75, 3.05) is 17.2 Å². The number of thiazole rings is 1. The normalized spacial score (nSPS) is 21.4. The first-order valence-corrected chi connectivity index (χ1v) is 9.05. The summed E-state index contributed by atoms with van der Waals surface area (Å²) in [5, 5.41) is 7.42. The lowest BCUT2D eigenvalue weighted by atomic mass is 10.2. The van der Waals surface area contributed by atoms with E-state index in [1.54, 1.807) is 16.0 Å². The van der Waals surface area contributed by atoms with Crippen LogP contribution < -0.4 is 5.73 Å². The summed E-state index contributed by atoms with van der Waals surface area (Å²) in [6.45, 7) is 3.83. The van der Waals surface area contributed by atoms with E-state index in [1.807, 2.05) is 19.2 Å². The molecule has 20 heavy (non-hydrogen) atoms. The monoisotopic (exact) mass is 312 g/mol. The Balaban J connectivity index is 2.02. The average molecular weight is 312 g/mol. The molecule has 2 N–H and O–H groups in total. The number of hydrogen-bond donors (Lipinski definition) is 1. The van der Waals surface area contributed by atoms with Crippen molar-refractivity contribution in [3.05, 3.63) is 16.0 Å². The first-order valence-electron chi connectivity index (χ1n) is 6.35. The van der Waals surface area contributed by atoms with Gasteiger partial charge in [0.1, 0.15) is 17.2 Å². The van der Waals surface area contributed by atoms with Crippen LogP contribution in [0, 0.1) is 13.8 Å². The number of hydrogen-bond acceptors (Lipinski definition) is 6. The van der Waals surface area contributed by atoms with Crippen LogP contribution in [0.15, 0.2) is 5.38 Å². The van der Waals surface area contributed by atoms with E-state index in [0.717, 1.165) is 22.0 Å². The van der Waals surface area contributed by atoms with Crippen molar-refractivity contribution in [1.82, 2.24) is 14.8 Å². The summed E-state index contributed by atoms with van der Waals surface area (Å²) in [6, 6.07) is -0.160. The van der Waals surface area contributed by atoms with Crippen LogP contribution in [0.2, 0.25) is 0 Å². The van der Waals surface area contributed by atoms with E-state index >= 15 is 0 Å². The number of nitrogen functional groups attached to an aromatic ring is 1. The van der Waals surface area contributed by atoms with Crippen molar-refractivity contribution in [2.24, 2.45) is 0 Å². The number of aromatic nitrogens is 3. The van der Waals surface area contributed by atoms with Crippen molar-refractivity contribution >= 4 is 27.0 Å². The van der Waals surface area contributed by atoms with E-state index in [0.29, 0.717) is 12.2 Å². The minimum absolute atomic E-state index is 0.119. The Morgan fingerprint density at radius 3 is 2.75 bits per heavy atom. The number of aryl methyl sites for hydroxylation is 1. The number of sulfone groups is 1. The van der Waals surface area contributed by atoms with Gasteiger partial charge < -0.3 is 5.73 Å². The fourth-order valence-electron chi connectivity index (χ4n) is 2.49. The highest BCUT2D eigenvalue weighted by Crippen LogP contribution is 2.32. The van der Waals surface area contributed by atoms with Crippen LogP contribution in [0.4, 0.5) is 5.82 Å². The molecule has 2 aromatic heterocycles. The van der Waals surface area contributed by atoms with Crippen molar-refractivity contribution in [2.45, 2.75) is 26.3 Å². The van der Waals surface area contributed by atoms with Gasteiger partial charge in [-0.25, -0.2) is 18.1 Å². The smallest absolute Gasteiger partial charge is 0.152 e. The Kier molecular flexibility index (Phi) is 3.09. The van der Waals surface area contributed by atoms with E-state index in [1.165, 1.54) is 0 Å². The van der Waals surface area contributed by atoms with Crippen LogP contribution in [-0.4, -0.2) is 34.7 Å². The highest BCUT2D eigenvalue weighted by atomic mass is 32.2. The highest BCUT2D eigenvalue weighted by Gasteiger charge is 2.32. The maximum absolute atomic E-state index is 11.6. The van der Waals surface area contributed by atoms with Crippen molar-refractivity contribution in [3.8, 4) is 11.4 Å². The molecule has 108 valence electrons. The Hall–Kier alpha value is -1.41. The SMILES string of the molecule is Cc1nc(-c2nn(C3CCS(=O)(=O)C3)c(N)c2C)cs1. The number of anilines is 1. The zero-order chi connectivity index (χ0) is 14.5. The zero-order valence-corrected chi connectivity index (χ0v) is 13.0. The molecule has 1 fully saturated rings. The second-order valence-electron chi connectivity index (χ2n) is 5.11. The summed E-state index contributed by atoms with van der Waals surface area (Å²) in [4.78, 5) is 4.42. The molecule has 0 bridgehead atoms. The lowest BCUT2D eigenvalue weighted by molar-refractivity contribution is 0.508. The van der Waals surface area contributed by atoms with Crippen LogP contribution in [0.5, 0.6) is 0 Å². The molecular formula is C12H16N4O2S2. The van der Waals surface area contributed by atoms with Gasteiger partial charge in [0.2, 0.25) is 0 Å². The summed E-state index contributed by atoms with van der Waals surface area (Å²) < 4.78 is 24.9. The molecule has 8 heteroatoms. The molecule has 0 spiro atoms.